The molecule has 2 atom stereocenters. The summed E-state index contributed by atoms with van der Waals surface area (Å²) in [5, 5.41) is 0. The number of benzene rings is 1. The van der Waals surface area contributed by atoms with E-state index in [9.17, 15) is 9.59 Å². The minimum atomic E-state index is -0.238. The van der Waals surface area contributed by atoms with Crippen LogP contribution in [0.5, 0.6) is 0 Å². The molecule has 0 aliphatic carbocycles. The summed E-state index contributed by atoms with van der Waals surface area (Å²) in [6, 6.07) is 8.16. The molecular weight excluding hydrogens is 330 g/mol. The molecule has 3 aliphatic heterocycles. The predicted octanol–water partition coefficient (Wildman–Crippen LogP) is 1.18. The Bertz CT molecular complexity index is 685. The van der Waals surface area contributed by atoms with Crippen LogP contribution in [-0.4, -0.2) is 55.6 Å². The maximum absolute atomic E-state index is 12.8. The van der Waals surface area contributed by atoms with Crippen LogP contribution in [0.4, 0.5) is 5.69 Å². The van der Waals surface area contributed by atoms with Crippen molar-refractivity contribution in [3.63, 3.8) is 0 Å². The molecule has 26 heavy (non-hydrogen) atoms. The van der Waals surface area contributed by atoms with Crippen LogP contribution in [0.2, 0.25) is 0 Å². The van der Waals surface area contributed by atoms with Gasteiger partial charge in [-0.15, -0.1) is 0 Å². The van der Waals surface area contributed by atoms with Crippen molar-refractivity contribution in [3.05, 3.63) is 29.8 Å². The molecule has 2 saturated heterocycles. The number of hydrogen-bond donors (Lipinski definition) is 1. The Morgan fingerprint density at radius 3 is 2.65 bits per heavy atom. The number of nitrogens with two attached hydrogens (primary N) is 1. The molecule has 2 amide bonds. The van der Waals surface area contributed by atoms with Gasteiger partial charge in [-0.25, -0.2) is 0 Å². The summed E-state index contributed by atoms with van der Waals surface area (Å²) in [6.45, 7) is 3.62. The highest BCUT2D eigenvalue weighted by Crippen LogP contribution is 2.33. The lowest BCUT2D eigenvalue weighted by atomic mass is 9.84. The number of primary amides is 1. The van der Waals surface area contributed by atoms with Crippen molar-refractivity contribution in [2.75, 3.05) is 37.7 Å². The third-order valence-electron chi connectivity index (χ3n) is 6.15. The average Bonchev–Trinajstić information content (AvgIpc) is 3.29. The van der Waals surface area contributed by atoms with Crippen LogP contribution >= 0.6 is 0 Å². The standard InChI is InChI=1S/C20H27N3O3/c21-20(25)16-8-12-26-19(16)15-5-9-22(10-6-15)13-18(24)23-11-7-14-3-1-2-4-17(14)23/h1-4,15-16,19H,5-13H2,(H2,21,25)/t16-,19+/m0/s1. The number of hydrogen-bond acceptors (Lipinski definition) is 4. The quantitative estimate of drug-likeness (QED) is 0.878. The maximum Gasteiger partial charge on any atom is 0.241 e. The van der Waals surface area contributed by atoms with Crippen molar-refractivity contribution in [1.29, 1.82) is 0 Å². The van der Waals surface area contributed by atoms with Crippen LogP contribution in [0, 0.1) is 11.8 Å². The van der Waals surface area contributed by atoms with E-state index >= 15 is 0 Å². The Balaban J connectivity index is 1.30. The number of anilines is 1. The predicted molar refractivity (Wildman–Crippen MR) is 98.7 cm³/mol. The summed E-state index contributed by atoms with van der Waals surface area (Å²) in [7, 11) is 0. The highest BCUT2D eigenvalue weighted by molar-refractivity contribution is 5.96. The number of amides is 2. The van der Waals surface area contributed by atoms with Crippen LogP contribution in [0.25, 0.3) is 0 Å². The van der Waals surface area contributed by atoms with Crippen LogP contribution in [-0.2, 0) is 20.7 Å². The molecule has 0 unspecified atom stereocenters. The Labute approximate surface area is 154 Å². The molecular formula is C20H27N3O3. The minimum absolute atomic E-state index is 0.0317. The van der Waals surface area contributed by atoms with Crippen molar-refractivity contribution in [1.82, 2.24) is 4.90 Å². The van der Waals surface area contributed by atoms with Gasteiger partial charge in [0.1, 0.15) is 0 Å². The molecule has 1 aromatic rings. The van der Waals surface area contributed by atoms with Gasteiger partial charge in [-0.3, -0.25) is 14.5 Å². The fourth-order valence-electron chi connectivity index (χ4n) is 4.69. The first kappa shape index (κ1) is 17.5. The summed E-state index contributed by atoms with van der Waals surface area (Å²) in [4.78, 5) is 28.5. The second-order valence-corrected chi connectivity index (χ2v) is 7.67. The Kier molecular flexibility index (Phi) is 4.96. The second kappa shape index (κ2) is 7.37. The monoisotopic (exact) mass is 357 g/mol. The van der Waals surface area contributed by atoms with Crippen molar-refractivity contribution >= 4 is 17.5 Å². The zero-order chi connectivity index (χ0) is 18.1. The van der Waals surface area contributed by atoms with Gasteiger partial charge in [0.2, 0.25) is 11.8 Å². The van der Waals surface area contributed by atoms with E-state index < -0.39 is 0 Å². The van der Waals surface area contributed by atoms with Crippen molar-refractivity contribution in [2.24, 2.45) is 17.6 Å². The number of nitrogens with zero attached hydrogens (tertiary/aromatic N) is 2. The lowest BCUT2D eigenvalue weighted by molar-refractivity contribution is -0.124. The van der Waals surface area contributed by atoms with E-state index in [0.717, 1.165) is 51.0 Å². The Hall–Kier alpha value is -1.92. The molecule has 3 aliphatic rings. The molecule has 6 heteroatoms. The van der Waals surface area contributed by atoms with Gasteiger partial charge in [0, 0.05) is 18.8 Å². The van der Waals surface area contributed by atoms with Crippen LogP contribution < -0.4 is 10.6 Å². The van der Waals surface area contributed by atoms with E-state index in [0.29, 0.717) is 19.1 Å². The van der Waals surface area contributed by atoms with Crippen molar-refractivity contribution in [3.8, 4) is 0 Å². The molecule has 2 N–H and O–H groups in total. The van der Waals surface area contributed by atoms with E-state index in [2.05, 4.69) is 11.0 Å². The van der Waals surface area contributed by atoms with Gasteiger partial charge in [0.05, 0.1) is 18.6 Å². The van der Waals surface area contributed by atoms with Crippen molar-refractivity contribution in [2.45, 2.75) is 31.8 Å². The zero-order valence-electron chi connectivity index (χ0n) is 15.1. The number of fused-ring (bicyclic) bond motifs is 1. The third kappa shape index (κ3) is 3.35. The Morgan fingerprint density at radius 1 is 1.12 bits per heavy atom. The molecule has 3 heterocycles. The molecule has 0 spiro atoms. The van der Waals surface area contributed by atoms with E-state index in [4.69, 9.17) is 10.5 Å². The first-order valence-electron chi connectivity index (χ1n) is 9.65. The van der Waals surface area contributed by atoms with Crippen LogP contribution in [0.1, 0.15) is 24.8 Å². The summed E-state index contributed by atoms with van der Waals surface area (Å²) in [6.07, 6.45) is 3.57. The lowest BCUT2D eigenvalue weighted by Crippen LogP contribution is -2.46. The summed E-state index contributed by atoms with van der Waals surface area (Å²) < 4.78 is 5.81. The molecule has 1 aromatic carbocycles. The molecule has 0 aromatic heterocycles. The zero-order valence-corrected chi connectivity index (χ0v) is 15.1. The van der Waals surface area contributed by atoms with Gasteiger partial charge in [-0.1, -0.05) is 18.2 Å². The third-order valence-corrected chi connectivity index (χ3v) is 6.15. The fraction of sp³-hybridized carbons (Fsp3) is 0.600. The smallest absolute Gasteiger partial charge is 0.241 e. The van der Waals surface area contributed by atoms with Crippen molar-refractivity contribution < 1.29 is 14.3 Å². The molecule has 0 saturated carbocycles. The van der Waals surface area contributed by atoms with Gasteiger partial charge in [-0.2, -0.15) is 0 Å². The minimum Gasteiger partial charge on any atom is -0.377 e. The molecule has 4 rings (SSSR count). The first-order valence-corrected chi connectivity index (χ1v) is 9.65. The number of ether oxygens (including phenoxy) is 1. The Morgan fingerprint density at radius 2 is 1.88 bits per heavy atom. The van der Waals surface area contributed by atoms with Gasteiger partial charge in [0.25, 0.3) is 0 Å². The number of likely N-dealkylation sites (tertiary alicyclic amines) is 1. The first-order chi connectivity index (χ1) is 12.6. The highest BCUT2D eigenvalue weighted by atomic mass is 16.5. The molecule has 0 radical (unpaired) electrons. The normalized spacial score (nSPS) is 26.8. The number of para-hydroxylation sites is 1. The lowest BCUT2D eigenvalue weighted by Gasteiger charge is -2.36. The SMILES string of the molecule is NC(=O)[C@H]1CCO[C@@H]1C1CCN(CC(=O)N2CCc3ccccc32)CC1. The van der Waals surface area contributed by atoms with Crippen LogP contribution in [0.3, 0.4) is 0 Å². The molecule has 140 valence electrons. The van der Waals surface area contributed by atoms with Gasteiger partial charge in [-0.05, 0) is 56.3 Å². The van der Waals surface area contributed by atoms with E-state index in [1.54, 1.807) is 0 Å². The second-order valence-electron chi connectivity index (χ2n) is 7.67. The largest absolute Gasteiger partial charge is 0.377 e. The molecule has 0 bridgehead atoms. The fourth-order valence-corrected chi connectivity index (χ4v) is 4.69. The van der Waals surface area contributed by atoms with Crippen LogP contribution in [0.15, 0.2) is 24.3 Å². The van der Waals surface area contributed by atoms with Gasteiger partial charge >= 0.3 is 0 Å². The highest BCUT2D eigenvalue weighted by Gasteiger charge is 2.39. The number of carbonyl (C=O) groups is 2. The number of rotatable bonds is 4. The number of carbonyl (C=O) groups excluding carboxylic acids is 2. The maximum atomic E-state index is 12.8. The van der Waals surface area contributed by atoms with E-state index in [1.807, 2.05) is 23.1 Å². The van der Waals surface area contributed by atoms with E-state index in [-0.39, 0.29) is 23.8 Å². The molecule has 6 nitrogen and oxygen atoms in total. The van der Waals surface area contributed by atoms with E-state index in [1.165, 1.54) is 5.56 Å². The average molecular weight is 357 g/mol. The summed E-state index contributed by atoms with van der Waals surface area (Å²) in [5.74, 6) is 0.168. The summed E-state index contributed by atoms with van der Waals surface area (Å²) in [5.41, 5.74) is 7.84. The molecule has 2 fully saturated rings. The van der Waals surface area contributed by atoms with Gasteiger partial charge in [0.15, 0.2) is 0 Å². The van der Waals surface area contributed by atoms with Gasteiger partial charge < -0.3 is 15.4 Å². The topological polar surface area (TPSA) is 75.9 Å². The number of piperidine rings is 1. The summed E-state index contributed by atoms with van der Waals surface area (Å²) >= 11 is 0.